The summed E-state index contributed by atoms with van der Waals surface area (Å²) in [5.41, 5.74) is 0. The van der Waals surface area contributed by atoms with Crippen molar-refractivity contribution in [3.8, 4) is 0 Å². The number of alkyl halides is 1. The van der Waals surface area contributed by atoms with Crippen molar-refractivity contribution in [2.75, 3.05) is 38.7 Å². The van der Waals surface area contributed by atoms with Crippen molar-refractivity contribution >= 4 is 15.9 Å². The number of hydrogen-bond acceptors (Lipinski definition) is 2. The molecular formula is C9H18BrNO. The van der Waals surface area contributed by atoms with Crippen molar-refractivity contribution in [3.05, 3.63) is 0 Å². The fraction of sp³-hybridized carbons (Fsp3) is 1.00. The Morgan fingerprint density at radius 1 is 1.42 bits per heavy atom. The van der Waals surface area contributed by atoms with Crippen LogP contribution in [0.5, 0.6) is 0 Å². The molecule has 0 atom stereocenters. The molecule has 0 radical (unpaired) electrons. The van der Waals surface area contributed by atoms with E-state index in [0.29, 0.717) is 0 Å². The maximum Gasteiger partial charge on any atom is 0.0589 e. The molecule has 0 amide bonds. The Kier molecular flexibility index (Phi) is 5.19. The summed E-state index contributed by atoms with van der Waals surface area (Å²) in [5, 5.41) is 1.07. The molecule has 0 aromatic heterocycles. The molecule has 0 spiro atoms. The summed E-state index contributed by atoms with van der Waals surface area (Å²) in [4.78, 5) is 2.48. The molecule has 0 aliphatic heterocycles. The molecule has 0 N–H and O–H groups in total. The van der Waals surface area contributed by atoms with E-state index in [9.17, 15) is 0 Å². The van der Waals surface area contributed by atoms with Gasteiger partial charge in [-0.25, -0.2) is 0 Å². The molecule has 0 heterocycles. The monoisotopic (exact) mass is 235 g/mol. The second kappa shape index (κ2) is 5.95. The maximum absolute atomic E-state index is 5.06. The van der Waals surface area contributed by atoms with Gasteiger partial charge in [-0.15, -0.1) is 0 Å². The average molecular weight is 236 g/mol. The highest BCUT2D eigenvalue weighted by Crippen LogP contribution is 2.29. The quantitative estimate of drug-likeness (QED) is 0.624. The van der Waals surface area contributed by atoms with Crippen molar-refractivity contribution in [1.29, 1.82) is 0 Å². The van der Waals surface area contributed by atoms with Crippen molar-refractivity contribution in [2.24, 2.45) is 5.92 Å². The molecule has 0 aromatic carbocycles. The summed E-state index contributed by atoms with van der Waals surface area (Å²) < 4.78 is 5.06. The van der Waals surface area contributed by atoms with Crippen LogP contribution in [0, 0.1) is 5.92 Å². The lowest BCUT2D eigenvalue weighted by Gasteiger charge is -2.20. The maximum atomic E-state index is 5.06. The fourth-order valence-corrected chi connectivity index (χ4v) is 1.80. The first kappa shape index (κ1) is 10.5. The molecule has 0 unspecified atom stereocenters. The summed E-state index contributed by atoms with van der Waals surface area (Å²) in [6.07, 6.45) is 2.87. The smallest absolute Gasteiger partial charge is 0.0589 e. The van der Waals surface area contributed by atoms with E-state index in [4.69, 9.17) is 4.74 Å². The van der Waals surface area contributed by atoms with Crippen LogP contribution in [0.2, 0.25) is 0 Å². The first-order chi connectivity index (χ1) is 5.86. The van der Waals surface area contributed by atoms with Gasteiger partial charge in [0.1, 0.15) is 0 Å². The Labute approximate surface area is 83.4 Å². The van der Waals surface area contributed by atoms with Crippen LogP contribution in [0.1, 0.15) is 12.8 Å². The third-order valence-corrected chi connectivity index (χ3v) is 2.58. The molecule has 1 aliphatic carbocycles. The molecule has 0 bridgehead atoms. The lowest BCUT2D eigenvalue weighted by Crippen LogP contribution is -2.31. The van der Waals surface area contributed by atoms with E-state index in [-0.39, 0.29) is 0 Å². The van der Waals surface area contributed by atoms with Crippen LogP contribution in [0.4, 0.5) is 0 Å². The third-order valence-electron chi connectivity index (χ3n) is 2.23. The van der Waals surface area contributed by atoms with Gasteiger partial charge >= 0.3 is 0 Å². The third kappa shape index (κ3) is 4.43. The number of rotatable bonds is 7. The molecule has 1 aliphatic rings. The largest absolute Gasteiger partial charge is 0.383 e. The molecule has 1 rings (SSSR count). The first-order valence-corrected chi connectivity index (χ1v) is 5.76. The average Bonchev–Trinajstić information content (AvgIpc) is 2.84. The molecule has 3 heteroatoms. The first-order valence-electron chi connectivity index (χ1n) is 4.64. The molecule has 2 nitrogen and oxygen atoms in total. The van der Waals surface area contributed by atoms with E-state index < -0.39 is 0 Å². The summed E-state index contributed by atoms with van der Waals surface area (Å²) in [7, 11) is 1.77. The second-order valence-electron chi connectivity index (χ2n) is 3.43. The molecule has 72 valence electrons. The zero-order chi connectivity index (χ0) is 8.81. The lowest BCUT2D eigenvalue weighted by atomic mass is 10.3. The summed E-state index contributed by atoms with van der Waals surface area (Å²) in [5.74, 6) is 0.987. The number of nitrogens with zero attached hydrogens (tertiary/aromatic N) is 1. The molecular weight excluding hydrogens is 218 g/mol. The minimum Gasteiger partial charge on any atom is -0.383 e. The van der Waals surface area contributed by atoms with E-state index in [1.807, 2.05) is 0 Å². The van der Waals surface area contributed by atoms with Crippen LogP contribution in [0.15, 0.2) is 0 Å². The number of halogens is 1. The van der Waals surface area contributed by atoms with Gasteiger partial charge in [0.05, 0.1) is 6.61 Å². The molecule has 0 aromatic rings. The van der Waals surface area contributed by atoms with Gasteiger partial charge in [0.2, 0.25) is 0 Å². The van der Waals surface area contributed by atoms with Crippen molar-refractivity contribution in [2.45, 2.75) is 12.8 Å². The van der Waals surface area contributed by atoms with Crippen molar-refractivity contribution < 1.29 is 4.74 Å². The Balaban J connectivity index is 2.07. The van der Waals surface area contributed by atoms with Gasteiger partial charge in [-0.1, -0.05) is 15.9 Å². The minimum absolute atomic E-state index is 0.861. The van der Waals surface area contributed by atoms with Gasteiger partial charge < -0.3 is 4.74 Å². The summed E-state index contributed by atoms with van der Waals surface area (Å²) >= 11 is 3.47. The molecule has 12 heavy (non-hydrogen) atoms. The van der Waals surface area contributed by atoms with Crippen LogP contribution < -0.4 is 0 Å². The van der Waals surface area contributed by atoms with Crippen LogP contribution in [0.3, 0.4) is 0 Å². The zero-order valence-electron chi connectivity index (χ0n) is 7.76. The molecule has 1 fully saturated rings. The SMILES string of the molecule is COCCN(CCBr)CC1CC1. The highest BCUT2D eigenvalue weighted by molar-refractivity contribution is 9.09. The number of methoxy groups -OCH3 is 1. The van der Waals surface area contributed by atoms with Crippen LogP contribution >= 0.6 is 15.9 Å². The van der Waals surface area contributed by atoms with Gasteiger partial charge in [0, 0.05) is 32.1 Å². The van der Waals surface area contributed by atoms with E-state index in [2.05, 4.69) is 20.8 Å². The predicted molar refractivity (Wildman–Crippen MR) is 54.8 cm³/mol. The fourth-order valence-electron chi connectivity index (χ4n) is 1.30. The lowest BCUT2D eigenvalue weighted by molar-refractivity contribution is 0.149. The van der Waals surface area contributed by atoms with Crippen molar-refractivity contribution in [1.82, 2.24) is 4.90 Å². The minimum atomic E-state index is 0.861. The van der Waals surface area contributed by atoms with Gasteiger partial charge in [-0.3, -0.25) is 4.90 Å². The highest BCUT2D eigenvalue weighted by Gasteiger charge is 2.23. The van der Waals surface area contributed by atoms with E-state index >= 15 is 0 Å². The number of ether oxygens (including phenoxy) is 1. The van der Waals surface area contributed by atoms with Gasteiger partial charge in [-0.2, -0.15) is 0 Å². The summed E-state index contributed by atoms with van der Waals surface area (Å²) in [6, 6.07) is 0. The van der Waals surface area contributed by atoms with Crippen LogP contribution in [0.25, 0.3) is 0 Å². The Bertz CT molecular complexity index is 117. The van der Waals surface area contributed by atoms with Crippen LogP contribution in [-0.2, 0) is 4.74 Å². The second-order valence-corrected chi connectivity index (χ2v) is 4.22. The Morgan fingerprint density at radius 3 is 2.67 bits per heavy atom. The summed E-state index contributed by atoms with van der Waals surface area (Å²) in [6.45, 7) is 4.37. The normalized spacial score (nSPS) is 17.2. The standard InChI is InChI=1S/C9H18BrNO/c1-12-7-6-11(5-4-10)8-9-2-3-9/h9H,2-8H2,1H3. The van der Waals surface area contributed by atoms with Gasteiger partial charge in [-0.05, 0) is 18.8 Å². The topological polar surface area (TPSA) is 12.5 Å². The molecule has 0 saturated heterocycles. The predicted octanol–water partition coefficient (Wildman–Crippen LogP) is 1.74. The van der Waals surface area contributed by atoms with Gasteiger partial charge in [0.25, 0.3) is 0 Å². The van der Waals surface area contributed by atoms with Gasteiger partial charge in [0.15, 0.2) is 0 Å². The Morgan fingerprint density at radius 2 is 2.17 bits per heavy atom. The Hall–Kier alpha value is 0.400. The molecule has 1 saturated carbocycles. The number of hydrogen-bond donors (Lipinski definition) is 0. The van der Waals surface area contributed by atoms with E-state index in [1.165, 1.54) is 19.4 Å². The van der Waals surface area contributed by atoms with E-state index in [0.717, 1.165) is 30.9 Å². The highest BCUT2D eigenvalue weighted by atomic mass is 79.9. The van der Waals surface area contributed by atoms with E-state index in [1.54, 1.807) is 7.11 Å². The zero-order valence-corrected chi connectivity index (χ0v) is 9.35. The van der Waals surface area contributed by atoms with Crippen molar-refractivity contribution in [3.63, 3.8) is 0 Å². The van der Waals surface area contributed by atoms with Crippen LogP contribution in [-0.4, -0.2) is 43.6 Å².